The van der Waals surface area contributed by atoms with E-state index in [2.05, 4.69) is 42.9 Å². The second kappa shape index (κ2) is 6.52. The Balaban J connectivity index is 1.37. The fraction of sp³-hybridized carbons (Fsp3) is 0.143. The molecule has 3 N–H and O–H groups in total. The smallest absolute Gasteiger partial charge is 0.229 e. The number of hydrogen-bond acceptors (Lipinski definition) is 7. The van der Waals surface area contributed by atoms with Gasteiger partial charge in [0.05, 0.1) is 26.9 Å². The predicted molar refractivity (Wildman–Crippen MR) is 116 cm³/mol. The van der Waals surface area contributed by atoms with Gasteiger partial charge in [0.1, 0.15) is 11.6 Å². The highest BCUT2D eigenvalue weighted by molar-refractivity contribution is 7.16. The first-order valence-corrected chi connectivity index (χ1v) is 10.4. The zero-order valence-electron chi connectivity index (χ0n) is 15.4. The molecule has 0 atom stereocenters. The van der Waals surface area contributed by atoms with Crippen LogP contribution in [0.4, 0.5) is 23.3 Å². The van der Waals surface area contributed by atoms with Gasteiger partial charge < -0.3 is 10.6 Å². The van der Waals surface area contributed by atoms with Gasteiger partial charge in [-0.25, -0.2) is 9.97 Å². The monoisotopic (exact) mass is 399 g/mol. The molecule has 6 rings (SSSR count). The minimum Gasteiger partial charge on any atom is -0.325 e. The molecule has 0 radical (unpaired) electrons. The molecule has 0 aliphatic heterocycles. The van der Waals surface area contributed by atoms with E-state index in [9.17, 15) is 0 Å². The van der Waals surface area contributed by atoms with E-state index in [1.54, 1.807) is 11.3 Å². The summed E-state index contributed by atoms with van der Waals surface area (Å²) in [6.45, 7) is 0. The molecule has 3 aromatic heterocycles. The zero-order valence-corrected chi connectivity index (χ0v) is 16.2. The molecule has 0 spiro atoms. The van der Waals surface area contributed by atoms with Gasteiger partial charge in [0, 0.05) is 23.1 Å². The molecule has 0 saturated heterocycles. The summed E-state index contributed by atoms with van der Waals surface area (Å²) >= 11 is 1.61. The summed E-state index contributed by atoms with van der Waals surface area (Å²) in [5.74, 6) is 2.72. The number of H-pyrrole nitrogens is 1. The summed E-state index contributed by atoms with van der Waals surface area (Å²) in [5.41, 5.74) is 5.76. The number of nitrogens with zero attached hydrogens (tertiary/aromatic N) is 4. The molecule has 142 valence electrons. The lowest BCUT2D eigenvalue weighted by Gasteiger charge is -2.11. The van der Waals surface area contributed by atoms with E-state index in [1.165, 1.54) is 12.8 Å². The van der Waals surface area contributed by atoms with E-state index in [1.807, 2.05) is 41.9 Å². The highest BCUT2D eigenvalue weighted by Gasteiger charge is 2.26. The van der Waals surface area contributed by atoms with Crippen molar-refractivity contribution < 1.29 is 0 Å². The van der Waals surface area contributed by atoms with E-state index in [4.69, 9.17) is 4.98 Å². The number of rotatable bonds is 5. The summed E-state index contributed by atoms with van der Waals surface area (Å²) in [6.07, 6.45) is 2.44. The molecule has 7 nitrogen and oxygen atoms in total. The predicted octanol–water partition coefficient (Wildman–Crippen LogP) is 5.33. The standard InChI is InChI=1S/C21H17N7S/c1-2-4-15-14(3-1)20(25-19-10-17(27-28-19)12-5-6-12)26-21(24-15)23-13-7-8-16-18(9-13)29-11-22-16/h1-4,7-12H,5-6H2,(H3,23,24,25,26,27,28). The molecule has 0 bridgehead atoms. The van der Waals surface area contributed by atoms with Crippen LogP contribution in [0.2, 0.25) is 0 Å². The van der Waals surface area contributed by atoms with Crippen LogP contribution in [-0.4, -0.2) is 25.1 Å². The minimum absolute atomic E-state index is 0.539. The number of aromatic nitrogens is 5. The lowest BCUT2D eigenvalue weighted by molar-refractivity contribution is 0.966. The average Bonchev–Trinajstić information content (AvgIpc) is 3.30. The van der Waals surface area contributed by atoms with Gasteiger partial charge in [0.2, 0.25) is 5.95 Å². The van der Waals surface area contributed by atoms with Crippen molar-refractivity contribution in [1.82, 2.24) is 25.1 Å². The quantitative estimate of drug-likeness (QED) is 0.370. The number of thiazole rings is 1. The number of nitrogens with one attached hydrogen (secondary N) is 3. The molecule has 1 aliphatic rings. The molecular formula is C21H17N7S. The number of aromatic amines is 1. The second-order valence-corrected chi connectivity index (χ2v) is 8.06. The van der Waals surface area contributed by atoms with Gasteiger partial charge in [-0.2, -0.15) is 10.1 Å². The Morgan fingerprint density at radius 3 is 2.83 bits per heavy atom. The van der Waals surface area contributed by atoms with Crippen LogP contribution < -0.4 is 10.6 Å². The first kappa shape index (κ1) is 16.4. The van der Waals surface area contributed by atoms with Gasteiger partial charge in [0.15, 0.2) is 0 Å². The summed E-state index contributed by atoms with van der Waals surface area (Å²) < 4.78 is 1.12. The van der Waals surface area contributed by atoms with E-state index in [0.717, 1.165) is 44.1 Å². The van der Waals surface area contributed by atoms with Crippen LogP contribution in [-0.2, 0) is 0 Å². The van der Waals surface area contributed by atoms with Crippen LogP contribution in [0, 0.1) is 0 Å². The first-order valence-electron chi connectivity index (χ1n) is 9.51. The van der Waals surface area contributed by atoms with Crippen LogP contribution in [0.25, 0.3) is 21.1 Å². The van der Waals surface area contributed by atoms with Crippen molar-refractivity contribution in [2.45, 2.75) is 18.8 Å². The highest BCUT2D eigenvalue weighted by Crippen LogP contribution is 2.40. The SMILES string of the molecule is c1ccc2c(Nc3cc(C4CC4)n[nH]3)nc(Nc3ccc4ncsc4c3)nc2c1. The third kappa shape index (κ3) is 3.17. The van der Waals surface area contributed by atoms with Crippen molar-refractivity contribution in [2.75, 3.05) is 10.6 Å². The molecule has 1 fully saturated rings. The molecule has 3 heterocycles. The molecule has 1 aliphatic carbocycles. The molecule has 0 unspecified atom stereocenters. The van der Waals surface area contributed by atoms with Crippen LogP contribution >= 0.6 is 11.3 Å². The molecule has 29 heavy (non-hydrogen) atoms. The Morgan fingerprint density at radius 2 is 1.90 bits per heavy atom. The summed E-state index contributed by atoms with van der Waals surface area (Å²) in [5, 5.41) is 15.2. The minimum atomic E-state index is 0.539. The van der Waals surface area contributed by atoms with E-state index >= 15 is 0 Å². The van der Waals surface area contributed by atoms with E-state index in [-0.39, 0.29) is 0 Å². The molecule has 5 aromatic rings. The first-order chi connectivity index (χ1) is 14.3. The topological polar surface area (TPSA) is 91.4 Å². The fourth-order valence-corrected chi connectivity index (χ4v) is 4.12. The Labute approximate surface area is 170 Å². The number of anilines is 4. The summed E-state index contributed by atoms with van der Waals surface area (Å²) in [7, 11) is 0. The maximum atomic E-state index is 4.74. The largest absolute Gasteiger partial charge is 0.325 e. The molecule has 1 saturated carbocycles. The third-order valence-electron chi connectivity index (χ3n) is 5.04. The molecule has 2 aromatic carbocycles. The van der Waals surface area contributed by atoms with Crippen LogP contribution in [0.15, 0.2) is 54.0 Å². The average molecular weight is 399 g/mol. The molecule has 8 heteroatoms. The van der Waals surface area contributed by atoms with Gasteiger partial charge >= 0.3 is 0 Å². The van der Waals surface area contributed by atoms with Crippen molar-refractivity contribution in [1.29, 1.82) is 0 Å². The Bertz CT molecular complexity index is 1340. The van der Waals surface area contributed by atoms with Crippen molar-refractivity contribution in [3.05, 3.63) is 59.7 Å². The molecular weight excluding hydrogens is 382 g/mol. The Kier molecular flexibility index (Phi) is 3.70. The number of benzene rings is 2. The maximum absolute atomic E-state index is 4.74. The van der Waals surface area contributed by atoms with Crippen molar-refractivity contribution in [3.8, 4) is 0 Å². The maximum Gasteiger partial charge on any atom is 0.229 e. The summed E-state index contributed by atoms with van der Waals surface area (Å²) in [6, 6.07) is 16.1. The zero-order chi connectivity index (χ0) is 19.2. The van der Waals surface area contributed by atoms with Crippen LogP contribution in [0.3, 0.4) is 0 Å². The highest BCUT2D eigenvalue weighted by atomic mass is 32.1. The Hall–Kier alpha value is -3.52. The van der Waals surface area contributed by atoms with Crippen molar-refractivity contribution in [3.63, 3.8) is 0 Å². The lowest BCUT2D eigenvalue weighted by atomic mass is 10.2. The third-order valence-corrected chi connectivity index (χ3v) is 5.83. The lowest BCUT2D eigenvalue weighted by Crippen LogP contribution is -2.02. The number of para-hydroxylation sites is 1. The van der Waals surface area contributed by atoms with Crippen molar-refractivity contribution in [2.24, 2.45) is 0 Å². The van der Waals surface area contributed by atoms with Crippen molar-refractivity contribution >= 4 is 55.7 Å². The van der Waals surface area contributed by atoms with Gasteiger partial charge in [0.25, 0.3) is 0 Å². The van der Waals surface area contributed by atoms with Crippen LogP contribution in [0.5, 0.6) is 0 Å². The van der Waals surface area contributed by atoms with E-state index < -0.39 is 0 Å². The molecule has 0 amide bonds. The van der Waals surface area contributed by atoms with E-state index in [0.29, 0.717) is 11.9 Å². The van der Waals surface area contributed by atoms with Gasteiger partial charge in [-0.3, -0.25) is 5.10 Å². The van der Waals surface area contributed by atoms with Crippen LogP contribution in [0.1, 0.15) is 24.5 Å². The van der Waals surface area contributed by atoms with Gasteiger partial charge in [-0.15, -0.1) is 11.3 Å². The Morgan fingerprint density at radius 1 is 0.966 bits per heavy atom. The number of fused-ring (bicyclic) bond motifs is 2. The van der Waals surface area contributed by atoms with Gasteiger partial charge in [-0.05, 0) is 43.2 Å². The summed E-state index contributed by atoms with van der Waals surface area (Å²) in [4.78, 5) is 13.7. The second-order valence-electron chi connectivity index (χ2n) is 7.18. The fourth-order valence-electron chi connectivity index (χ4n) is 3.41. The number of hydrogen-bond donors (Lipinski definition) is 3. The normalized spacial score (nSPS) is 13.8. The van der Waals surface area contributed by atoms with Gasteiger partial charge in [-0.1, -0.05) is 12.1 Å².